The lowest BCUT2D eigenvalue weighted by molar-refractivity contribution is 0.0610. The Hall–Kier alpha value is -3.17. The van der Waals surface area contributed by atoms with Crippen molar-refractivity contribution in [3.8, 4) is 0 Å². The molecular weight excluding hydrogens is 381 g/mol. The summed E-state index contributed by atoms with van der Waals surface area (Å²) in [6, 6.07) is 28.8. The topological polar surface area (TPSA) is 53.9 Å². The largest absolute Gasteiger partial charge is 0.471 e. The van der Waals surface area contributed by atoms with Crippen LogP contribution in [0.5, 0.6) is 0 Å². The normalized spacial score (nSPS) is 11.6. The number of anilines is 2. The molecule has 0 heterocycles. The number of amides is 1. The summed E-state index contributed by atoms with van der Waals surface area (Å²) in [6.45, 7) is 5.57. The van der Waals surface area contributed by atoms with Crippen LogP contribution in [-0.4, -0.2) is 11.7 Å². The third-order valence-corrected chi connectivity index (χ3v) is 5.38. The summed E-state index contributed by atoms with van der Waals surface area (Å²) >= 11 is 0. The van der Waals surface area contributed by atoms with Crippen LogP contribution in [0.15, 0.2) is 95.7 Å². The summed E-state index contributed by atoms with van der Waals surface area (Å²) in [5.41, 5.74) is 1.76. The Bertz CT molecular complexity index is 956. The van der Waals surface area contributed by atoms with Crippen molar-refractivity contribution in [2.24, 2.45) is 4.74 Å². The van der Waals surface area contributed by atoms with Crippen LogP contribution in [0.25, 0.3) is 0 Å². The molecule has 0 radical (unpaired) electrons. The zero-order valence-electron chi connectivity index (χ0n) is 16.8. The van der Waals surface area contributed by atoms with Crippen LogP contribution in [0.2, 0.25) is 0 Å². The Labute approximate surface area is 172 Å². The average Bonchev–Trinajstić information content (AvgIpc) is 2.69. The molecule has 0 aliphatic carbocycles. The molecule has 1 N–H and O–H groups in total. The minimum absolute atomic E-state index is 0.446. The first-order valence-corrected chi connectivity index (χ1v) is 10.6. The molecule has 0 spiro atoms. The molecule has 1 amide bonds. The van der Waals surface area contributed by atoms with Gasteiger partial charge >= 0.3 is 14.1 Å². The van der Waals surface area contributed by atoms with Gasteiger partial charge < -0.3 is 4.74 Å². The molecule has 5 nitrogen and oxygen atoms in total. The molecule has 0 saturated carbocycles. The fourth-order valence-electron chi connectivity index (χ4n) is 2.52. The van der Waals surface area contributed by atoms with Crippen LogP contribution >= 0.6 is 8.01 Å². The fraction of sp³-hybridized carbons (Fsp3) is 0.174. The molecule has 0 bridgehead atoms. The molecule has 0 aliphatic rings. The molecule has 29 heavy (non-hydrogen) atoms. The molecular formula is C23H25N3O2P+. The van der Waals surface area contributed by atoms with E-state index in [1.54, 1.807) is 4.67 Å². The van der Waals surface area contributed by atoms with Gasteiger partial charge in [0.05, 0.1) is 11.4 Å². The van der Waals surface area contributed by atoms with Gasteiger partial charge in [0.25, 0.3) is 0 Å². The number of carbonyl (C=O) groups is 1. The number of para-hydroxylation sites is 2. The van der Waals surface area contributed by atoms with Gasteiger partial charge in [-0.2, -0.15) is 5.09 Å². The van der Waals surface area contributed by atoms with Gasteiger partial charge in [-0.25, -0.2) is 4.79 Å². The van der Waals surface area contributed by atoms with Crippen molar-refractivity contribution in [2.45, 2.75) is 26.4 Å². The predicted octanol–water partition coefficient (Wildman–Crippen LogP) is 7.37. The summed E-state index contributed by atoms with van der Waals surface area (Å²) in [7, 11) is -1.51. The number of hydrogen-bond acceptors (Lipinski definition) is 3. The van der Waals surface area contributed by atoms with Crippen LogP contribution in [-0.2, 0) is 4.74 Å². The van der Waals surface area contributed by atoms with E-state index in [0.717, 1.165) is 17.1 Å². The average molecular weight is 406 g/mol. The first kappa shape index (κ1) is 20.6. The zero-order valence-corrected chi connectivity index (χ0v) is 17.7. The summed E-state index contributed by atoms with van der Waals surface area (Å²) in [4.78, 5) is 13.2. The molecule has 3 aromatic rings. The Balaban J connectivity index is 2.08. The summed E-state index contributed by atoms with van der Waals surface area (Å²) in [5, 5.41) is 3.42. The highest BCUT2D eigenvalue weighted by atomic mass is 31.1. The monoisotopic (exact) mass is 406 g/mol. The van der Waals surface area contributed by atoms with Gasteiger partial charge in [-0.15, -0.1) is 0 Å². The van der Waals surface area contributed by atoms with Crippen molar-refractivity contribution >= 4 is 31.2 Å². The molecule has 1 atom stereocenters. The van der Waals surface area contributed by atoms with E-state index < -0.39 is 19.7 Å². The van der Waals surface area contributed by atoms with E-state index in [2.05, 4.69) is 5.09 Å². The number of carbonyl (C=O) groups excluding carboxylic acids is 1. The van der Waals surface area contributed by atoms with Gasteiger partial charge in [0, 0.05) is 0 Å². The van der Waals surface area contributed by atoms with E-state index in [4.69, 9.17) is 9.48 Å². The molecule has 0 fully saturated rings. The van der Waals surface area contributed by atoms with Crippen molar-refractivity contribution < 1.29 is 9.53 Å². The van der Waals surface area contributed by atoms with Crippen LogP contribution < -0.4 is 9.76 Å². The van der Waals surface area contributed by atoms with Gasteiger partial charge in [0.2, 0.25) is 0 Å². The molecule has 3 rings (SSSR count). The van der Waals surface area contributed by atoms with Crippen LogP contribution in [0.1, 0.15) is 20.8 Å². The third-order valence-electron chi connectivity index (χ3n) is 3.73. The Morgan fingerprint density at radius 1 is 0.862 bits per heavy atom. The standard InChI is InChI=1S/C23H25N3O2P/c1-23(2,3)28-22(27)26(21-17-11-6-12-18-21)29(24-19-13-7-4-8-14-19)25-20-15-9-5-10-16-20/h4-18H,1-3H3,(H,24,25)/q+1. The van der Waals surface area contributed by atoms with Gasteiger partial charge in [-0.05, 0) is 61.9 Å². The number of ether oxygens (including phenoxy) is 1. The number of benzene rings is 3. The number of nitrogens with one attached hydrogen (secondary N) is 1. The van der Waals surface area contributed by atoms with Crippen LogP contribution in [0.4, 0.5) is 21.9 Å². The second-order valence-corrected chi connectivity index (χ2v) is 8.73. The lowest BCUT2D eigenvalue weighted by atomic mass is 10.2. The van der Waals surface area contributed by atoms with Crippen molar-refractivity contribution in [3.05, 3.63) is 91.0 Å². The number of hydrogen-bond donors (Lipinski definition) is 1. The van der Waals surface area contributed by atoms with Gasteiger partial charge in [0.15, 0.2) is 0 Å². The predicted molar refractivity (Wildman–Crippen MR) is 121 cm³/mol. The smallest absolute Gasteiger partial charge is 0.441 e. The van der Waals surface area contributed by atoms with Crippen LogP contribution in [0, 0.1) is 0 Å². The second-order valence-electron chi connectivity index (χ2n) is 7.33. The number of nitrogens with zero attached hydrogens (tertiary/aromatic N) is 2. The number of rotatable bonds is 5. The van der Waals surface area contributed by atoms with Gasteiger partial charge in [0.1, 0.15) is 11.3 Å². The maximum atomic E-state index is 13.2. The first-order valence-electron chi connectivity index (χ1n) is 9.39. The minimum atomic E-state index is -1.51. The molecule has 0 aromatic heterocycles. The molecule has 148 valence electrons. The van der Waals surface area contributed by atoms with E-state index >= 15 is 0 Å². The second kappa shape index (κ2) is 9.35. The van der Waals surface area contributed by atoms with E-state index in [9.17, 15) is 4.79 Å². The fourth-order valence-corrected chi connectivity index (χ4v) is 4.04. The molecule has 0 saturated heterocycles. The Kier molecular flexibility index (Phi) is 6.63. The highest BCUT2D eigenvalue weighted by Crippen LogP contribution is 2.41. The van der Waals surface area contributed by atoms with E-state index in [-0.39, 0.29) is 0 Å². The summed E-state index contributed by atoms with van der Waals surface area (Å²) in [6.07, 6.45) is -0.446. The van der Waals surface area contributed by atoms with Gasteiger partial charge in [-0.3, -0.25) is 0 Å². The van der Waals surface area contributed by atoms with Crippen molar-refractivity contribution in [3.63, 3.8) is 0 Å². The highest BCUT2D eigenvalue weighted by molar-refractivity contribution is 7.52. The molecule has 6 heteroatoms. The maximum absolute atomic E-state index is 13.2. The summed E-state index contributed by atoms with van der Waals surface area (Å²) in [5.74, 6) is 0. The Morgan fingerprint density at radius 2 is 1.38 bits per heavy atom. The van der Waals surface area contributed by atoms with Crippen molar-refractivity contribution in [1.29, 1.82) is 0 Å². The van der Waals surface area contributed by atoms with Crippen molar-refractivity contribution in [2.75, 3.05) is 9.76 Å². The third kappa shape index (κ3) is 6.16. The zero-order chi connectivity index (χ0) is 20.7. The summed E-state index contributed by atoms with van der Waals surface area (Å²) < 4.78 is 12.2. The molecule has 0 aliphatic heterocycles. The van der Waals surface area contributed by atoms with E-state index in [0.29, 0.717) is 0 Å². The highest BCUT2D eigenvalue weighted by Gasteiger charge is 2.37. The quantitative estimate of drug-likeness (QED) is 0.450. The van der Waals surface area contributed by atoms with Crippen LogP contribution in [0.3, 0.4) is 0 Å². The van der Waals surface area contributed by atoms with Crippen molar-refractivity contribution in [1.82, 2.24) is 0 Å². The molecule has 1 unspecified atom stereocenters. The SMILES string of the molecule is CC(C)(C)OC(=O)N(c1ccccc1)[P+](=Nc1ccccc1)Nc1ccccc1. The van der Waals surface area contributed by atoms with Gasteiger partial charge in [-0.1, -0.05) is 59.3 Å². The van der Waals surface area contributed by atoms with E-state index in [1.807, 2.05) is 112 Å². The van der Waals surface area contributed by atoms with E-state index in [1.165, 1.54) is 0 Å². The maximum Gasteiger partial charge on any atom is 0.471 e. The molecule has 3 aromatic carbocycles. The lowest BCUT2D eigenvalue weighted by Crippen LogP contribution is -2.33. The Morgan fingerprint density at radius 3 is 1.93 bits per heavy atom. The first-order chi connectivity index (χ1) is 13.9. The lowest BCUT2D eigenvalue weighted by Gasteiger charge is -2.22. The minimum Gasteiger partial charge on any atom is -0.441 e.